The average Bonchev–Trinajstić information content (AvgIpc) is 2.10. The molecule has 0 aliphatic heterocycles. The van der Waals surface area contributed by atoms with Crippen LogP contribution in [-0.4, -0.2) is 16.8 Å². The lowest BCUT2D eigenvalue weighted by atomic mass is 10.1. The van der Waals surface area contributed by atoms with Gasteiger partial charge in [0.2, 0.25) is 0 Å². The fourth-order valence-corrected chi connectivity index (χ4v) is 0.992. The smallest absolute Gasteiger partial charge is 0.149 e. The molecule has 0 saturated heterocycles. The third-order valence-corrected chi connectivity index (χ3v) is 1.74. The van der Waals surface area contributed by atoms with E-state index >= 15 is 0 Å². The molecule has 0 aromatic heterocycles. The SMILES string of the molecule is Nc1cc([C@H](N)CO)c(O)cc1F. The number of benzene rings is 1. The standard InChI is InChI=1S/C8H11FN2O2/c9-5-2-8(13)4(1-6(5)10)7(11)3-12/h1-2,7,12-13H,3,10-11H2/t7-/m1/s1. The molecule has 0 spiro atoms. The Morgan fingerprint density at radius 2 is 2.08 bits per heavy atom. The fraction of sp³-hybridized carbons (Fsp3) is 0.250. The first kappa shape index (κ1) is 9.76. The summed E-state index contributed by atoms with van der Waals surface area (Å²) in [5, 5.41) is 17.9. The lowest BCUT2D eigenvalue weighted by Gasteiger charge is -2.11. The topological polar surface area (TPSA) is 92.5 Å². The van der Waals surface area contributed by atoms with Crippen LogP contribution in [0.1, 0.15) is 11.6 Å². The van der Waals surface area contributed by atoms with Crippen molar-refractivity contribution < 1.29 is 14.6 Å². The monoisotopic (exact) mass is 186 g/mol. The number of nitrogens with two attached hydrogens (primary N) is 2. The van der Waals surface area contributed by atoms with Crippen molar-refractivity contribution in [1.82, 2.24) is 0 Å². The predicted molar refractivity (Wildman–Crippen MR) is 46.5 cm³/mol. The van der Waals surface area contributed by atoms with Crippen LogP contribution in [-0.2, 0) is 0 Å². The van der Waals surface area contributed by atoms with Gasteiger partial charge in [-0.2, -0.15) is 0 Å². The molecule has 0 fully saturated rings. The maximum absolute atomic E-state index is 12.7. The van der Waals surface area contributed by atoms with Crippen LogP contribution in [0.2, 0.25) is 0 Å². The number of phenolic OH excluding ortho intramolecular Hbond substituents is 1. The molecule has 0 radical (unpaired) electrons. The average molecular weight is 186 g/mol. The van der Waals surface area contributed by atoms with Crippen molar-refractivity contribution >= 4 is 5.69 Å². The molecule has 13 heavy (non-hydrogen) atoms. The number of aliphatic hydroxyl groups is 1. The fourth-order valence-electron chi connectivity index (χ4n) is 0.992. The zero-order valence-corrected chi connectivity index (χ0v) is 6.87. The Labute approximate surface area is 74.6 Å². The van der Waals surface area contributed by atoms with E-state index in [0.717, 1.165) is 6.07 Å². The number of aliphatic hydroxyl groups excluding tert-OH is 1. The van der Waals surface area contributed by atoms with E-state index in [4.69, 9.17) is 16.6 Å². The van der Waals surface area contributed by atoms with Gasteiger partial charge in [-0.3, -0.25) is 0 Å². The van der Waals surface area contributed by atoms with Crippen molar-refractivity contribution in [3.63, 3.8) is 0 Å². The van der Waals surface area contributed by atoms with E-state index in [1.807, 2.05) is 0 Å². The molecule has 1 atom stereocenters. The third kappa shape index (κ3) is 1.88. The number of phenols is 1. The summed E-state index contributed by atoms with van der Waals surface area (Å²) >= 11 is 0. The van der Waals surface area contributed by atoms with Crippen molar-refractivity contribution in [2.24, 2.45) is 5.73 Å². The predicted octanol–water partition coefficient (Wildman–Crippen LogP) is 0.106. The van der Waals surface area contributed by atoms with Crippen LogP contribution in [0.3, 0.4) is 0 Å². The van der Waals surface area contributed by atoms with Gasteiger partial charge in [0, 0.05) is 11.6 Å². The summed E-state index contributed by atoms with van der Waals surface area (Å²) in [6, 6.07) is 1.34. The van der Waals surface area contributed by atoms with E-state index < -0.39 is 11.9 Å². The van der Waals surface area contributed by atoms with Gasteiger partial charge in [0.1, 0.15) is 11.6 Å². The van der Waals surface area contributed by atoms with Gasteiger partial charge < -0.3 is 21.7 Å². The van der Waals surface area contributed by atoms with E-state index in [2.05, 4.69) is 0 Å². The molecule has 4 nitrogen and oxygen atoms in total. The van der Waals surface area contributed by atoms with E-state index in [9.17, 15) is 9.50 Å². The largest absolute Gasteiger partial charge is 0.507 e. The molecule has 1 aromatic rings. The summed E-state index contributed by atoms with van der Waals surface area (Å²) in [5.74, 6) is -1.00. The summed E-state index contributed by atoms with van der Waals surface area (Å²) in [4.78, 5) is 0. The normalized spacial score (nSPS) is 12.8. The van der Waals surface area contributed by atoms with Crippen molar-refractivity contribution in [2.45, 2.75) is 6.04 Å². The molecular formula is C8H11FN2O2. The Hall–Kier alpha value is -1.33. The maximum Gasteiger partial charge on any atom is 0.149 e. The second-order valence-corrected chi connectivity index (χ2v) is 2.72. The van der Waals surface area contributed by atoms with Gasteiger partial charge in [-0.15, -0.1) is 0 Å². The number of nitrogen functional groups attached to an aromatic ring is 1. The molecule has 0 saturated carbocycles. The molecule has 6 N–H and O–H groups in total. The van der Waals surface area contributed by atoms with Gasteiger partial charge in [0.25, 0.3) is 0 Å². The highest BCUT2D eigenvalue weighted by Crippen LogP contribution is 2.27. The van der Waals surface area contributed by atoms with Crippen molar-refractivity contribution in [1.29, 1.82) is 0 Å². The zero-order chi connectivity index (χ0) is 10.0. The van der Waals surface area contributed by atoms with Gasteiger partial charge in [-0.25, -0.2) is 4.39 Å². The Morgan fingerprint density at radius 3 is 2.62 bits per heavy atom. The summed E-state index contributed by atoms with van der Waals surface area (Å²) in [6.07, 6.45) is 0. The highest BCUT2D eigenvalue weighted by Gasteiger charge is 2.12. The maximum atomic E-state index is 12.7. The molecule has 5 heteroatoms. The molecule has 0 amide bonds. The first-order valence-electron chi connectivity index (χ1n) is 3.70. The van der Waals surface area contributed by atoms with Crippen molar-refractivity contribution in [3.8, 4) is 5.75 Å². The van der Waals surface area contributed by atoms with Crippen LogP contribution in [0.5, 0.6) is 5.75 Å². The molecule has 72 valence electrons. The number of anilines is 1. The summed E-state index contributed by atoms with van der Waals surface area (Å²) in [7, 11) is 0. The molecule has 0 bridgehead atoms. The summed E-state index contributed by atoms with van der Waals surface area (Å²) < 4.78 is 12.7. The quantitative estimate of drug-likeness (QED) is 0.389. The van der Waals surface area contributed by atoms with Crippen LogP contribution in [0.15, 0.2) is 12.1 Å². The molecule has 1 aromatic carbocycles. The van der Waals surface area contributed by atoms with Crippen LogP contribution >= 0.6 is 0 Å². The third-order valence-electron chi connectivity index (χ3n) is 1.74. The number of rotatable bonds is 2. The van der Waals surface area contributed by atoms with Gasteiger partial charge in [-0.05, 0) is 6.07 Å². The molecule has 1 rings (SSSR count). The van der Waals surface area contributed by atoms with Gasteiger partial charge in [0.05, 0.1) is 18.3 Å². The Morgan fingerprint density at radius 1 is 1.46 bits per heavy atom. The van der Waals surface area contributed by atoms with Gasteiger partial charge in [-0.1, -0.05) is 0 Å². The molecule has 0 aliphatic rings. The minimum atomic E-state index is -0.747. The van der Waals surface area contributed by atoms with E-state index in [0.29, 0.717) is 0 Å². The lowest BCUT2D eigenvalue weighted by molar-refractivity contribution is 0.265. The summed E-state index contributed by atoms with van der Waals surface area (Å²) in [6.45, 7) is -0.335. The van der Waals surface area contributed by atoms with Crippen LogP contribution in [0, 0.1) is 5.82 Å². The second-order valence-electron chi connectivity index (χ2n) is 2.72. The summed E-state index contributed by atoms with van der Waals surface area (Å²) in [5.41, 5.74) is 10.8. The Balaban J connectivity index is 3.15. The van der Waals surface area contributed by atoms with Crippen molar-refractivity contribution in [2.75, 3.05) is 12.3 Å². The van der Waals surface area contributed by atoms with E-state index in [1.165, 1.54) is 6.07 Å². The molecule has 0 unspecified atom stereocenters. The number of aromatic hydroxyl groups is 1. The first-order valence-corrected chi connectivity index (χ1v) is 3.70. The van der Waals surface area contributed by atoms with Gasteiger partial charge in [0.15, 0.2) is 0 Å². The Kier molecular flexibility index (Phi) is 2.69. The minimum Gasteiger partial charge on any atom is -0.507 e. The van der Waals surface area contributed by atoms with E-state index in [1.54, 1.807) is 0 Å². The second kappa shape index (κ2) is 3.59. The highest BCUT2D eigenvalue weighted by molar-refractivity contribution is 5.49. The molecular weight excluding hydrogens is 175 g/mol. The number of hydrogen-bond acceptors (Lipinski definition) is 4. The highest BCUT2D eigenvalue weighted by atomic mass is 19.1. The van der Waals surface area contributed by atoms with Crippen LogP contribution < -0.4 is 11.5 Å². The van der Waals surface area contributed by atoms with Gasteiger partial charge >= 0.3 is 0 Å². The van der Waals surface area contributed by atoms with E-state index in [-0.39, 0.29) is 23.6 Å². The molecule has 0 heterocycles. The molecule has 0 aliphatic carbocycles. The number of hydrogen-bond donors (Lipinski definition) is 4. The van der Waals surface area contributed by atoms with Crippen LogP contribution in [0.4, 0.5) is 10.1 Å². The first-order chi connectivity index (χ1) is 6.06. The lowest BCUT2D eigenvalue weighted by Crippen LogP contribution is -2.15. The Bertz CT molecular complexity index is 317. The number of halogens is 1. The van der Waals surface area contributed by atoms with Crippen LogP contribution in [0.25, 0.3) is 0 Å². The van der Waals surface area contributed by atoms with Crippen molar-refractivity contribution in [3.05, 3.63) is 23.5 Å². The zero-order valence-electron chi connectivity index (χ0n) is 6.87. The minimum absolute atomic E-state index is 0.100.